The predicted molar refractivity (Wildman–Crippen MR) is 67.4 cm³/mol. The Bertz CT molecular complexity index is 569. The second kappa shape index (κ2) is 5.34. The van der Waals surface area contributed by atoms with Crippen LogP contribution in [0.3, 0.4) is 0 Å². The first kappa shape index (κ1) is 15.3. The van der Waals surface area contributed by atoms with Crippen molar-refractivity contribution in [3.8, 4) is 0 Å². The van der Waals surface area contributed by atoms with Crippen molar-refractivity contribution >= 4 is 10.0 Å². The van der Waals surface area contributed by atoms with Gasteiger partial charge >= 0.3 is 6.18 Å². The molecule has 2 rings (SSSR count). The van der Waals surface area contributed by atoms with E-state index in [-0.39, 0.29) is 17.5 Å². The van der Waals surface area contributed by atoms with Crippen LogP contribution in [0.5, 0.6) is 0 Å². The molecule has 0 spiro atoms. The van der Waals surface area contributed by atoms with Crippen molar-refractivity contribution < 1.29 is 21.6 Å². The van der Waals surface area contributed by atoms with E-state index < -0.39 is 21.8 Å². The van der Waals surface area contributed by atoms with Gasteiger partial charge in [-0.25, -0.2) is 8.42 Å². The molecule has 0 aromatic heterocycles. The molecule has 2 N–H and O–H groups in total. The first-order valence-corrected chi connectivity index (χ1v) is 7.58. The summed E-state index contributed by atoms with van der Waals surface area (Å²) in [5, 5.41) is 0. The molecule has 0 saturated carbocycles. The summed E-state index contributed by atoms with van der Waals surface area (Å²) in [5.41, 5.74) is 4.86. The highest BCUT2D eigenvalue weighted by atomic mass is 32.2. The van der Waals surface area contributed by atoms with Gasteiger partial charge in [-0.1, -0.05) is 0 Å². The molecule has 0 bridgehead atoms. The molecule has 8 heteroatoms. The molecule has 4 nitrogen and oxygen atoms in total. The van der Waals surface area contributed by atoms with Gasteiger partial charge in [0.2, 0.25) is 10.0 Å². The summed E-state index contributed by atoms with van der Waals surface area (Å²) in [4.78, 5) is -0.139. The molecule has 1 atom stereocenters. The van der Waals surface area contributed by atoms with Crippen LogP contribution in [0.4, 0.5) is 13.2 Å². The Balaban J connectivity index is 2.26. The lowest BCUT2D eigenvalue weighted by atomic mass is 10.1. The third kappa shape index (κ3) is 3.13. The van der Waals surface area contributed by atoms with Crippen LogP contribution in [0.15, 0.2) is 29.2 Å². The zero-order valence-electron chi connectivity index (χ0n) is 10.6. The van der Waals surface area contributed by atoms with Crippen LogP contribution >= 0.6 is 0 Å². The molecular formula is C12H15F3N2O2S. The van der Waals surface area contributed by atoms with E-state index in [0.29, 0.717) is 13.0 Å². The summed E-state index contributed by atoms with van der Waals surface area (Å²) in [7, 11) is -3.77. The van der Waals surface area contributed by atoms with E-state index in [0.717, 1.165) is 30.7 Å². The van der Waals surface area contributed by atoms with Crippen LogP contribution in [-0.4, -0.2) is 31.9 Å². The van der Waals surface area contributed by atoms with E-state index >= 15 is 0 Å². The standard InChI is InChI=1S/C12H15F3N2O2S/c13-12(14,15)9-3-5-11(6-4-9)20(18,19)17-7-1-2-10(16)8-17/h3-6,10H,1-2,7-8,16H2/t10-/m1/s1. The number of alkyl halides is 3. The van der Waals surface area contributed by atoms with Crippen molar-refractivity contribution in [2.75, 3.05) is 13.1 Å². The van der Waals surface area contributed by atoms with Crippen LogP contribution in [0.2, 0.25) is 0 Å². The summed E-state index contributed by atoms with van der Waals surface area (Å²) in [6.45, 7) is 0.542. The summed E-state index contributed by atoms with van der Waals surface area (Å²) in [6, 6.07) is 3.29. The Morgan fingerprint density at radius 3 is 2.30 bits per heavy atom. The first-order chi connectivity index (χ1) is 9.21. The van der Waals surface area contributed by atoms with Crippen LogP contribution in [-0.2, 0) is 16.2 Å². The van der Waals surface area contributed by atoms with Crippen molar-refractivity contribution in [2.45, 2.75) is 30.0 Å². The highest BCUT2D eigenvalue weighted by molar-refractivity contribution is 7.89. The Morgan fingerprint density at radius 1 is 1.20 bits per heavy atom. The van der Waals surface area contributed by atoms with E-state index in [4.69, 9.17) is 5.73 Å². The molecule has 0 unspecified atom stereocenters. The lowest BCUT2D eigenvalue weighted by Gasteiger charge is -2.29. The molecule has 112 valence electrons. The van der Waals surface area contributed by atoms with Gasteiger partial charge in [-0.05, 0) is 37.1 Å². The van der Waals surface area contributed by atoms with Crippen LogP contribution in [0, 0.1) is 0 Å². The third-order valence-electron chi connectivity index (χ3n) is 3.24. The van der Waals surface area contributed by atoms with Gasteiger partial charge in [0.25, 0.3) is 0 Å². The van der Waals surface area contributed by atoms with Crippen LogP contribution < -0.4 is 5.73 Å². The lowest BCUT2D eigenvalue weighted by molar-refractivity contribution is -0.137. The van der Waals surface area contributed by atoms with Crippen molar-refractivity contribution in [3.63, 3.8) is 0 Å². The number of piperidine rings is 1. The molecular weight excluding hydrogens is 293 g/mol. The van der Waals surface area contributed by atoms with Gasteiger partial charge in [0.15, 0.2) is 0 Å². The minimum Gasteiger partial charge on any atom is -0.327 e. The van der Waals surface area contributed by atoms with Crippen molar-refractivity contribution in [3.05, 3.63) is 29.8 Å². The molecule has 1 aromatic carbocycles. The summed E-state index contributed by atoms with van der Waals surface area (Å²) < 4.78 is 63.1. The van der Waals surface area contributed by atoms with Gasteiger partial charge in [0, 0.05) is 19.1 Å². The normalized spacial score (nSPS) is 21.9. The second-order valence-electron chi connectivity index (χ2n) is 4.79. The minimum atomic E-state index is -4.48. The number of hydrogen-bond acceptors (Lipinski definition) is 3. The van der Waals surface area contributed by atoms with E-state index in [1.165, 1.54) is 4.31 Å². The number of halogens is 3. The highest BCUT2D eigenvalue weighted by Gasteiger charge is 2.32. The van der Waals surface area contributed by atoms with E-state index in [1.54, 1.807) is 0 Å². The van der Waals surface area contributed by atoms with Crippen molar-refractivity contribution in [1.29, 1.82) is 0 Å². The summed E-state index contributed by atoms with van der Waals surface area (Å²) >= 11 is 0. The third-order valence-corrected chi connectivity index (χ3v) is 5.12. The van der Waals surface area contributed by atoms with Crippen molar-refractivity contribution in [2.24, 2.45) is 5.73 Å². The molecule has 20 heavy (non-hydrogen) atoms. The number of sulfonamides is 1. The SMILES string of the molecule is N[C@@H]1CCCN(S(=O)(=O)c2ccc(C(F)(F)F)cc2)C1. The molecule has 1 heterocycles. The first-order valence-electron chi connectivity index (χ1n) is 6.14. The average Bonchev–Trinajstić information content (AvgIpc) is 2.38. The fourth-order valence-corrected chi connectivity index (χ4v) is 3.69. The molecule has 1 saturated heterocycles. The zero-order valence-corrected chi connectivity index (χ0v) is 11.4. The molecule has 1 aliphatic rings. The Kier molecular flexibility index (Phi) is 4.08. The Morgan fingerprint density at radius 2 is 1.80 bits per heavy atom. The fourth-order valence-electron chi connectivity index (χ4n) is 2.16. The Labute approximate surface area is 115 Å². The minimum absolute atomic E-state index is 0.139. The van der Waals surface area contributed by atoms with Gasteiger partial charge in [-0.15, -0.1) is 0 Å². The van der Waals surface area contributed by atoms with Gasteiger partial charge in [-0.3, -0.25) is 0 Å². The molecule has 0 amide bonds. The van der Waals surface area contributed by atoms with E-state index in [9.17, 15) is 21.6 Å². The predicted octanol–water partition coefficient (Wildman–Crippen LogP) is 1.82. The molecule has 1 aromatic rings. The maximum atomic E-state index is 12.4. The van der Waals surface area contributed by atoms with Gasteiger partial charge < -0.3 is 5.73 Å². The maximum Gasteiger partial charge on any atom is 0.416 e. The van der Waals surface area contributed by atoms with E-state index in [2.05, 4.69) is 0 Å². The highest BCUT2D eigenvalue weighted by Crippen LogP contribution is 2.30. The fraction of sp³-hybridized carbons (Fsp3) is 0.500. The van der Waals surface area contributed by atoms with Crippen LogP contribution in [0.25, 0.3) is 0 Å². The molecule has 1 fully saturated rings. The average molecular weight is 308 g/mol. The summed E-state index contributed by atoms with van der Waals surface area (Å²) in [6.07, 6.45) is -3.07. The van der Waals surface area contributed by atoms with E-state index in [1.807, 2.05) is 0 Å². The topological polar surface area (TPSA) is 63.4 Å². The number of benzene rings is 1. The number of rotatable bonds is 2. The molecule has 0 radical (unpaired) electrons. The van der Waals surface area contributed by atoms with Crippen molar-refractivity contribution in [1.82, 2.24) is 4.31 Å². The quantitative estimate of drug-likeness (QED) is 0.906. The largest absolute Gasteiger partial charge is 0.416 e. The zero-order chi connectivity index (χ0) is 15.0. The number of nitrogens with two attached hydrogens (primary N) is 1. The maximum absolute atomic E-state index is 12.4. The second-order valence-corrected chi connectivity index (χ2v) is 6.73. The van der Waals surface area contributed by atoms with Crippen LogP contribution in [0.1, 0.15) is 18.4 Å². The van der Waals surface area contributed by atoms with Gasteiger partial charge in [0.1, 0.15) is 0 Å². The smallest absolute Gasteiger partial charge is 0.327 e. The molecule has 0 aliphatic carbocycles. The number of nitrogens with zero attached hydrogens (tertiary/aromatic N) is 1. The monoisotopic (exact) mass is 308 g/mol. The van der Waals surface area contributed by atoms with Gasteiger partial charge in [-0.2, -0.15) is 17.5 Å². The summed E-state index contributed by atoms with van der Waals surface area (Å²) in [5.74, 6) is 0. The lowest BCUT2D eigenvalue weighted by Crippen LogP contribution is -2.45. The Hall–Kier alpha value is -1.12. The van der Waals surface area contributed by atoms with Gasteiger partial charge in [0.05, 0.1) is 10.5 Å². The molecule has 1 aliphatic heterocycles. The number of hydrogen-bond donors (Lipinski definition) is 1.